The molecular weight excluding hydrogens is 408 g/mol. The Morgan fingerprint density at radius 1 is 0.265 bits per heavy atom. The Labute approximate surface area is 209 Å². The van der Waals surface area contributed by atoms with Gasteiger partial charge in [0.2, 0.25) is 0 Å². The van der Waals surface area contributed by atoms with Crippen LogP contribution in [-0.2, 0) is 0 Å². The maximum Gasteiger partial charge on any atom is -0.0179 e. The van der Waals surface area contributed by atoms with Crippen LogP contribution in [0.1, 0.15) is 61.1 Å². The summed E-state index contributed by atoms with van der Waals surface area (Å²) in [5, 5.41) is 0. The first-order chi connectivity index (χ1) is 16.3. The minimum Gasteiger partial charge on any atom is -0.0683 e. The number of hydrogen-bond acceptors (Lipinski definition) is 0. The highest BCUT2D eigenvalue weighted by Crippen LogP contribution is 2.23. The fourth-order valence-corrected chi connectivity index (χ4v) is 3.77. The van der Waals surface area contributed by atoms with Crippen molar-refractivity contribution in [2.75, 3.05) is 0 Å². The highest BCUT2D eigenvalue weighted by molar-refractivity contribution is 5.66. The van der Waals surface area contributed by atoms with Gasteiger partial charge in [-0.1, -0.05) is 146 Å². The first-order valence-electron chi connectivity index (χ1n) is 12.6. The molecule has 0 N–H and O–H groups in total. The van der Waals surface area contributed by atoms with Crippen LogP contribution in [-0.4, -0.2) is 0 Å². The normalized spacial score (nSPS) is 9.47. The zero-order chi connectivity index (χ0) is 25.7. The summed E-state index contributed by atoms with van der Waals surface area (Å²) in [6.07, 6.45) is 0. The van der Waals surface area contributed by atoms with Gasteiger partial charge in [-0.15, -0.1) is 0 Å². The third-order valence-corrected chi connectivity index (χ3v) is 5.21. The van der Waals surface area contributed by atoms with Crippen LogP contribution in [0.2, 0.25) is 0 Å². The Morgan fingerprint density at radius 2 is 0.500 bits per heavy atom. The van der Waals surface area contributed by atoms with Gasteiger partial charge in [0.05, 0.1) is 0 Å². The van der Waals surface area contributed by atoms with Crippen LogP contribution in [0, 0.1) is 41.5 Å². The highest BCUT2D eigenvalue weighted by Gasteiger charge is 2.00. The molecule has 4 aromatic rings. The molecule has 34 heavy (non-hydrogen) atoms. The summed E-state index contributed by atoms with van der Waals surface area (Å²) in [6.45, 7) is 20.8. The van der Waals surface area contributed by atoms with Crippen LogP contribution in [0.15, 0.2) is 84.9 Å². The molecule has 0 saturated heterocycles. The maximum absolute atomic E-state index is 2.23. The Kier molecular flexibility index (Phi) is 12.7. The van der Waals surface area contributed by atoms with Gasteiger partial charge in [-0.3, -0.25) is 0 Å². The van der Waals surface area contributed by atoms with E-state index in [2.05, 4.69) is 126 Å². The molecule has 0 saturated carbocycles. The van der Waals surface area contributed by atoms with Crippen LogP contribution in [0.25, 0.3) is 22.3 Å². The summed E-state index contributed by atoms with van der Waals surface area (Å²) in [5.41, 5.74) is 13.1. The molecule has 4 aromatic carbocycles. The molecule has 180 valence electrons. The average molecular weight is 453 g/mol. The third-order valence-electron chi connectivity index (χ3n) is 5.21. The number of hydrogen-bond donors (Lipinski definition) is 0. The summed E-state index contributed by atoms with van der Waals surface area (Å²) < 4.78 is 0. The lowest BCUT2D eigenvalue weighted by atomic mass is 10.00. The molecule has 0 radical (unpaired) electrons. The van der Waals surface area contributed by atoms with Gasteiger partial charge < -0.3 is 0 Å². The van der Waals surface area contributed by atoms with Gasteiger partial charge in [0.25, 0.3) is 0 Å². The summed E-state index contributed by atoms with van der Waals surface area (Å²) in [5.74, 6) is 0. The van der Waals surface area contributed by atoms with Crippen molar-refractivity contribution in [2.24, 2.45) is 0 Å². The summed E-state index contributed by atoms with van der Waals surface area (Å²) in [6, 6.07) is 30.7. The molecule has 0 nitrogen and oxygen atoms in total. The van der Waals surface area contributed by atoms with Crippen LogP contribution in [0.5, 0.6) is 0 Å². The Morgan fingerprint density at radius 3 is 0.735 bits per heavy atom. The van der Waals surface area contributed by atoms with E-state index in [0.29, 0.717) is 0 Å². The molecule has 0 fully saturated rings. The first kappa shape index (κ1) is 28.9. The molecule has 4 rings (SSSR count). The topological polar surface area (TPSA) is 0 Å². The van der Waals surface area contributed by atoms with E-state index in [1.807, 2.05) is 27.7 Å². The molecule has 0 aliphatic carbocycles. The van der Waals surface area contributed by atoms with E-state index >= 15 is 0 Å². The quantitative estimate of drug-likeness (QED) is 0.284. The van der Waals surface area contributed by atoms with Gasteiger partial charge in [-0.05, 0) is 63.8 Å². The zero-order valence-corrected chi connectivity index (χ0v) is 23.1. The fourth-order valence-electron chi connectivity index (χ4n) is 3.77. The van der Waals surface area contributed by atoms with Crippen LogP contribution in [0.3, 0.4) is 0 Å². The fraction of sp³-hybridized carbons (Fsp3) is 0.294. The maximum atomic E-state index is 2.23. The van der Waals surface area contributed by atoms with Crippen molar-refractivity contribution in [1.29, 1.82) is 0 Å². The second kappa shape index (κ2) is 14.9. The zero-order valence-electron chi connectivity index (χ0n) is 23.1. The van der Waals surface area contributed by atoms with Gasteiger partial charge in [-0.25, -0.2) is 0 Å². The molecule has 0 aliphatic rings. The lowest BCUT2D eigenvalue weighted by molar-refractivity contribution is 1.38. The van der Waals surface area contributed by atoms with E-state index in [9.17, 15) is 0 Å². The molecule has 0 amide bonds. The van der Waals surface area contributed by atoms with Gasteiger partial charge in [-0.2, -0.15) is 0 Å². The van der Waals surface area contributed by atoms with Crippen LogP contribution >= 0.6 is 0 Å². The van der Waals surface area contributed by atoms with E-state index in [1.54, 1.807) is 0 Å². The lowest BCUT2D eigenvalue weighted by Gasteiger charge is -2.05. The summed E-state index contributed by atoms with van der Waals surface area (Å²) >= 11 is 0. The van der Waals surface area contributed by atoms with Gasteiger partial charge >= 0.3 is 0 Å². The second-order valence-electron chi connectivity index (χ2n) is 8.48. The predicted molar refractivity (Wildman–Crippen MR) is 155 cm³/mol. The highest BCUT2D eigenvalue weighted by atomic mass is 14.0. The van der Waals surface area contributed by atoms with Crippen molar-refractivity contribution >= 4 is 0 Å². The van der Waals surface area contributed by atoms with E-state index in [4.69, 9.17) is 0 Å². The smallest absolute Gasteiger partial charge is 0.0179 e. The minimum absolute atomic E-state index is 1.30. The Balaban J connectivity index is 0.000000297. The molecular formula is C34H44. The van der Waals surface area contributed by atoms with Crippen molar-refractivity contribution in [3.05, 3.63) is 118 Å². The summed E-state index contributed by atoms with van der Waals surface area (Å²) in [7, 11) is 0. The van der Waals surface area contributed by atoms with Crippen molar-refractivity contribution < 1.29 is 0 Å². The standard InChI is InChI=1S/2C15H16.2C2H6/c2*1-11-4-6-14(7-5-11)15-9-12(2)8-13(3)10-15;2*1-2/h2*4-10H,1-3H3;2*1-2H3. The second-order valence-corrected chi connectivity index (χ2v) is 8.48. The number of rotatable bonds is 2. The number of aryl methyl sites for hydroxylation is 6. The Hall–Kier alpha value is -3.12. The summed E-state index contributed by atoms with van der Waals surface area (Å²) in [4.78, 5) is 0. The molecule has 0 heteroatoms. The molecule has 0 aromatic heterocycles. The van der Waals surface area contributed by atoms with Gasteiger partial charge in [0, 0.05) is 0 Å². The molecule has 0 unspecified atom stereocenters. The van der Waals surface area contributed by atoms with E-state index in [1.165, 1.54) is 55.6 Å². The molecule has 0 heterocycles. The van der Waals surface area contributed by atoms with Gasteiger partial charge in [0.1, 0.15) is 0 Å². The SMILES string of the molecule is CC.CC.Cc1ccc(-c2cc(C)cc(C)c2)cc1.Cc1ccc(-c2cc(C)cc(C)c2)cc1. The lowest BCUT2D eigenvalue weighted by Crippen LogP contribution is -1.82. The molecule has 0 spiro atoms. The number of benzene rings is 4. The van der Waals surface area contributed by atoms with E-state index in [0.717, 1.165) is 0 Å². The molecule has 0 atom stereocenters. The monoisotopic (exact) mass is 452 g/mol. The van der Waals surface area contributed by atoms with Crippen LogP contribution < -0.4 is 0 Å². The van der Waals surface area contributed by atoms with E-state index in [-0.39, 0.29) is 0 Å². The average Bonchev–Trinajstić information content (AvgIpc) is 2.82. The minimum atomic E-state index is 1.30. The van der Waals surface area contributed by atoms with Gasteiger partial charge in [0.15, 0.2) is 0 Å². The van der Waals surface area contributed by atoms with Crippen molar-refractivity contribution in [3.8, 4) is 22.3 Å². The molecule has 0 bridgehead atoms. The third kappa shape index (κ3) is 9.40. The van der Waals surface area contributed by atoms with Crippen molar-refractivity contribution in [2.45, 2.75) is 69.2 Å². The molecule has 0 aliphatic heterocycles. The van der Waals surface area contributed by atoms with Crippen LogP contribution in [0.4, 0.5) is 0 Å². The van der Waals surface area contributed by atoms with Crippen molar-refractivity contribution in [1.82, 2.24) is 0 Å². The van der Waals surface area contributed by atoms with E-state index < -0.39 is 0 Å². The van der Waals surface area contributed by atoms with Crippen molar-refractivity contribution in [3.63, 3.8) is 0 Å². The largest absolute Gasteiger partial charge is 0.0683 e. The predicted octanol–water partition coefficient (Wildman–Crippen LogP) is 10.6. The Bertz CT molecular complexity index is 980. The first-order valence-corrected chi connectivity index (χ1v) is 12.6.